The van der Waals surface area contributed by atoms with Crippen LogP contribution in [0.3, 0.4) is 0 Å². The predicted molar refractivity (Wildman–Crippen MR) is 87.6 cm³/mol. The Labute approximate surface area is 133 Å². The van der Waals surface area contributed by atoms with Gasteiger partial charge in [-0.3, -0.25) is 0 Å². The molecule has 21 heavy (non-hydrogen) atoms. The highest BCUT2D eigenvalue weighted by Crippen LogP contribution is 2.25. The molecule has 0 unspecified atom stereocenters. The highest BCUT2D eigenvalue weighted by Gasteiger charge is 2.08. The second kappa shape index (κ2) is 6.00. The standard InChI is InChI=1S/C16H16ClN3S/c1-11(2)13-6-12(8-15-10-18-16(17)21-15)7-14(9-13)20-5-3-4-19-20/h3-7,9-11H,8H2,1-2H3. The van der Waals surface area contributed by atoms with Crippen LogP contribution in [-0.4, -0.2) is 14.8 Å². The molecule has 0 amide bonds. The van der Waals surface area contributed by atoms with Gasteiger partial charge < -0.3 is 0 Å². The summed E-state index contributed by atoms with van der Waals surface area (Å²) in [6.07, 6.45) is 6.46. The Balaban J connectivity index is 1.99. The Morgan fingerprint density at radius 2 is 2.14 bits per heavy atom. The molecule has 0 bridgehead atoms. The molecule has 1 aromatic carbocycles. The van der Waals surface area contributed by atoms with Gasteiger partial charge in [0.15, 0.2) is 4.47 Å². The maximum Gasteiger partial charge on any atom is 0.183 e. The predicted octanol–water partition coefficient (Wildman–Crippen LogP) is 4.70. The number of thiazole rings is 1. The lowest BCUT2D eigenvalue weighted by molar-refractivity contribution is 0.840. The minimum absolute atomic E-state index is 0.476. The first-order chi connectivity index (χ1) is 10.1. The van der Waals surface area contributed by atoms with Gasteiger partial charge in [0, 0.05) is 29.9 Å². The summed E-state index contributed by atoms with van der Waals surface area (Å²) in [6.45, 7) is 4.41. The zero-order chi connectivity index (χ0) is 14.8. The van der Waals surface area contributed by atoms with Gasteiger partial charge in [-0.1, -0.05) is 31.5 Å². The Morgan fingerprint density at radius 3 is 2.76 bits per heavy atom. The van der Waals surface area contributed by atoms with Crippen LogP contribution in [-0.2, 0) is 6.42 Å². The zero-order valence-corrected chi connectivity index (χ0v) is 13.5. The van der Waals surface area contributed by atoms with Gasteiger partial charge in [-0.05, 0) is 35.2 Å². The molecule has 3 aromatic rings. The molecule has 0 fully saturated rings. The number of hydrogen-bond acceptors (Lipinski definition) is 3. The summed E-state index contributed by atoms with van der Waals surface area (Å²) >= 11 is 7.45. The van der Waals surface area contributed by atoms with Gasteiger partial charge in [-0.2, -0.15) is 5.10 Å². The Hall–Kier alpha value is -1.65. The molecule has 0 spiro atoms. The maximum atomic E-state index is 5.91. The summed E-state index contributed by atoms with van der Waals surface area (Å²) in [7, 11) is 0. The molecule has 0 aliphatic carbocycles. The molecule has 0 radical (unpaired) electrons. The van der Waals surface area contributed by atoms with Gasteiger partial charge >= 0.3 is 0 Å². The van der Waals surface area contributed by atoms with Crippen molar-refractivity contribution in [2.75, 3.05) is 0 Å². The molecule has 0 N–H and O–H groups in total. The molecule has 0 atom stereocenters. The van der Waals surface area contributed by atoms with Crippen LogP contribution < -0.4 is 0 Å². The first-order valence-corrected chi connectivity index (χ1v) is 8.05. The fraction of sp³-hybridized carbons (Fsp3) is 0.250. The van der Waals surface area contributed by atoms with Gasteiger partial charge in [0.2, 0.25) is 0 Å². The van der Waals surface area contributed by atoms with Crippen molar-refractivity contribution in [2.24, 2.45) is 0 Å². The third-order valence-electron chi connectivity index (χ3n) is 3.34. The summed E-state index contributed by atoms with van der Waals surface area (Å²) in [5.41, 5.74) is 3.66. The van der Waals surface area contributed by atoms with E-state index in [0.29, 0.717) is 10.4 Å². The molecular weight excluding hydrogens is 302 g/mol. The van der Waals surface area contributed by atoms with Crippen molar-refractivity contribution in [1.82, 2.24) is 14.8 Å². The first kappa shape index (κ1) is 14.3. The molecule has 108 valence electrons. The fourth-order valence-electron chi connectivity index (χ4n) is 2.26. The lowest BCUT2D eigenvalue weighted by Gasteiger charge is -2.12. The topological polar surface area (TPSA) is 30.7 Å². The van der Waals surface area contributed by atoms with E-state index in [1.807, 2.05) is 23.1 Å². The highest BCUT2D eigenvalue weighted by atomic mass is 35.5. The lowest BCUT2D eigenvalue weighted by Crippen LogP contribution is -2.00. The number of halogens is 1. The van der Waals surface area contributed by atoms with Crippen molar-refractivity contribution >= 4 is 22.9 Å². The summed E-state index contributed by atoms with van der Waals surface area (Å²) < 4.78 is 2.49. The molecule has 0 aliphatic rings. The summed E-state index contributed by atoms with van der Waals surface area (Å²) in [4.78, 5) is 5.28. The Morgan fingerprint density at radius 1 is 1.29 bits per heavy atom. The molecule has 0 saturated heterocycles. The molecule has 3 rings (SSSR count). The van der Waals surface area contributed by atoms with E-state index in [0.717, 1.165) is 12.1 Å². The normalized spacial score (nSPS) is 11.2. The minimum atomic E-state index is 0.476. The monoisotopic (exact) mass is 317 g/mol. The number of rotatable bonds is 4. The van der Waals surface area contributed by atoms with E-state index in [1.165, 1.54) is 27.3 Å². The first-order valence-electron chi connectivity index (χ1n) is 6.86. The minimum Gasteiger partial charge on any atom is -0.241 e. The smallest absolute Gasteiger partial charge is 0.183 e. The van der Waals surface area contributed by atoms with Crippen LogP contribution in [0, 0.1) is 0 Å². The van der Waals surface area contributed by atoms with E-state index >= 15 is 0 Å². The summed E-state index contributed by atoms with van der Waals surface area (Å²) in [6, 6.07) is 8.56. The van der Waals surface area contributed by atoms with Crippen LogP contribution in [0.25, 0.3) is 5.69 Å². The van der Waals surface area contributed by atoms with E-state index in [9.17, 15) is 0 Å². The summed E-state index contributed by atoms with van der Waals surface area (Å²) in [5.74, 6) is 0.476. The van der Waals surface area contributed by atoms with Gasteiger partial charge in [0.05, 0.1) is 5.69 Å². The second-order valence-electron chi connectivity index (χ2n) is 5.29. The zero-order valence-electron chi connectivity index (χ0n) is 12.0. The van der Waals surface area contributed by atoms with Gasteiger partial charge in [0.1, 0.15) is 0 Å². The van der Waals surface area contributed by atoms with Crippen molar-refractivity contribution in [3.63, 3.8) is 0 Å². The maximum absolute atomic E-state index is 5.91. The molecule has 0 saturated carbocycles. The van der Waals surface area contributed by atoms with Crippen molar-refractivity contribution in [1.29, 1.82) is 0 Å². The second-order valence-corrected chi connectivity index (χ2v) is 6.99. The number of hydrogen-bond donors (Lipinski definition) is 0. The Kier molecular flexibility index (Phi) is 4.08. The number of benzene rings is 1. The molecule has 0 aliphatic heterocycles. The molecular formula is C16H16ClN3S. The average Bonchev–Trinajstić information content (AvgIpc) is 3.10. The molecule has 5 heteroatoms. The van der Waals surface area contributed by atoms with Gasteiger partial charge in [-0.15, -0.1) is 11.3 Å². The molecule has 3 nitrogen and oxygen atoms in total. The van der Waals surface area contributed by atoms with Gasteiger partial charge in [-0.25, -0.2) is 9.67 Å². The number of nitrogens with zero attached hydrogens (tertiary/aromatic N) is 3. The van der Waals surface area contributed by atoms with E-state index in [-0.39, 0.29) is 0 Å². The molecule has 2 aromatic heterocycles. The van der Waals surface area contributed by atoms with Crippen LogP contribution >= 0.6 is 22.9 Å². The lowest BCUT2D eigenvalue weighted by atomic mass is 9.98. The van der Waals surface area contributed by atoms with E-state index in [4.69, 9.17) is 11.6 Å². The largest absolute Gasteiger partial charge is 0.241 e. The van der Waals surface area contributed by atoms with E-state index < -0.39 is 0 Å². The van der Waals surface area contributed by atoms with E-state index in [2.05, 4.69) is 42.1 Å². The van der Waals surface area contributed by atoms with Crippen LogP contribution in [0.4, 0.5) is 0 Å². The summed E-state index contributed by atoms with van der Waals surface area (Å²) in [5, 5.41) is 4.33. The highest BCUT2D eigenvalue weighted by molar-refractivity contribution is 7.15. The third kappa shape index (κ3) is 3.34. The third-order valence-corrected chi connectivity index (χ3v) is 4.45. The number of aromatic nitrogens is 3. The van der Waals surface area contributed by atoms with Crippen LogP contribution in [0.1, 0.15) is 35.8 Å². The Bertz CT molecular complexity index is 732. The van der Waals surface area contributed by atoms with Crippen molar-refractivity contribution in [2.45, 2.75) is 26.2 Å². The average molecular weight is 318 g/mol. The van der Waals surface area contributed by atoms with Crippen molar-refractivity contribution < 1.29 is 0 Å². The van der Waals surface area contributed by atoms with E-state index in [1.54, 1.807) is 6.20 Å². The van der Waals surface area contributed by atoms with Crippen LogP contribution in [0.2, 0.25) is 4.47 Å². The van der Waals surface area contributed by atoms with Crippen molar-refractivity contribution in [3.05, 3.63) is 63.3 Å². The fourth-order valence-corrected chi connectivity index (χ4v) is 3.27. The van der Waals surface area contributed by atoms with Crippen LogP contribution in [0.5, 0.6) is 0 Å². The van der Waals surface area contributed by atoms with Gasteiger partial charge in [0.25, 0.3) is 0 Å². The SMILES string of the molecule is CC(C)c1cc(Cc2cnc(Cl)s2)cc(-n2cccn2)c1. The molecule has 2 heterocycles. The van der Waals surface area contributed by atoms with Crippen LogP contribution in [0.15, 0.2) is 42.9 Å². The van der Waals surface area contributed by atoms with Crippen molar-refractivity contribution in [3.8, 4) is 5.69 Å². The quantitative estimate of drug-likeness (QED) is 0.698.